The van der Waals surface area contributed by atoms with Gasteiger partial charge in [0.05, 0.1) is 11.7 Å². The lowest BCUT2D eigenvalue weighted by Gasteiger charge is -2.10. The van der Waals surface area contributed by atoms with Gasteiger partial charge in [-0.05, 0) is 17.4 Å². The second-order valence-corrected chi connectivity index (χ2v) is 4.55. The highest BCUT2D eigenvalue weighted by atomic mass is 15.2. The minimum absolute atomic E-state index is 0.482. The fourth-order valence-electron chi connectivity index (χ4n) is 1.84. The van der Waals surface area contributed by atoms with Crippen molar-refractivity contribution in [1.29, 1.82) is 0 Å². The number of hydrogen-bond donors (Lipinski definition) is 0. The zero-order valence-electron chi connectivity index (χ0n) is 9.73. The predicted molar refractivity (Wildman–Crippen MR) is 61.2 cm³/mol. The van der Waals surface area contributed by atoms with Gasteiger partial charge in [-0.1, -0.05) is 27.7 Å². The summed E-state index contributed by atoms with van der Waals surface area (Å²) < 4.78 is 1.88. The smallest absolute Gasteiger partial charge is 0.117 e. The molecular formula is C12H17N3. The third-order valence-electron chi connectivity index (χ3n) is 2.73. The quantitative estimate of drug-likeness (QED) is 0.751. The molecule has 0 saturated heterocycles. The van der Waals surface area contributed by atoms with Crippen LogP contribution in [-0.4, -0.2) is 14.6 Å². The molecule has 0 bridgehead atoms. The van der Waals surface area contributed by atoms with Crippen LogP contribution in [0.3, 0.4) is 0 Å². The van der Waals surface area contributed by atoms with E-state index in [9.17, 15) is 0 Å². The van der Waals surface area contributed by atoms with E-state index in [4.69, 9.17) is 0 Å². The Hall–Kier alpha value is -1.38. The summed E-state index contributed by atoms with van der Waals surface area (Å²) in [5, 5.41) is 4.34. The first-order valence-electron chi connectivity index (χ1n) is 5.42. The van der Waals surface area contributed by atoms with Gasteiger partial charge < -0.3 is 0 Å². The van der Waals surface area contributed by atoms with Crippen molar-refractivity contribution >= 4 is 5.52 Å². The number of aromatic nitrogens is 3. The van der Waals surface area contributed by atoms with Gasteiger partial charge in [-0.3, -0.25) is 0 Å². The zero-order valence-corrected chi connectivity index (χ0v) is 9.73. The average Bonchev–Trinajstić information content (AvgIpc) is 2.60. The maximum absolute atomic E-state index is 4.34. The van der Waals surface area contributed by atoms with Gasteiger partial charge in [0.15, 0.2) is 0 Å². The van der Waals surface area contributed by atoms with Crippen LogP contribution in [0.2, 0.25) is 0 Å². The molecule has 2 heterocycles. The summed E-state index contributed by atoms with van der Waals surface area (Å²) >= 11 is 0. The topological polar surface area (TPSA) is 30.2 Å². The van der Waals surface area contributed by atoms with Crippen molar-refractivity contribution in [2.24, 2.45) is 0 Å². The Morgan fingerprint density at radius 2 is 1.60 bits per heavy atom. The largest absolute Gasteiger partial charge is 0.244 e. The predicted octanol–water partition coefficient (Wildman–Crippen LogP) is 2.98. The minimum Gasteiger partial charge on any atom is -0.244 e. The van der Waals surface area contributed by atoms with Crippen LogP contribution in [0.25, 0.3) is 5.52 Å². The molecule has 0 spiro atoms. The molecule has 80 valence electrons. The minimum atomic E-state index is 0.482. The lowest BCUT2D eigenvalue weighted by atomic mass is 9.98. The molecule has 0 aliphatic carbocycles. The molecule has 0 aromatic carbocycles. The summed E-state index contributed by atoms with van der Waals surface area (Å²) in [5.74, 6) is 0.984. The Morgan fingerprint density at radius 1 is 1.00 bits per heavy atom. The molecule has 2 rings (SSSR count). The molecule has 0 saturated carbocycles. The summed E-state index contributed by atoms with van der Waals surface area (Å²) in [5.41, 5.74) is 3.81. The van der Waals surface area contributed by atoms with E-state index in [-0.39, 0.29) is 0 Å². The Bertz CT molecular complexity index is 469. The lowest BCUT2D eigenvalue weighted by Crippen LogP contribution is -1.98. The van der Waals surface area contributed by atoms with E-state index in [0.717, 1.165) is 0 Å². The fourth-order valence-corrected chi connectivity index (χ4v) is 1.84. The molecule has 15 heavy (non-hydrogen) atoms. The second kappa shape index (κ2) is 3.65. The van der Waals surface area contributed by atoms with Crippen LogP contribution in [-0.2, 0) is 0 Å². The van der Waals surface area contributed by atoms with Gasteiger partial charge in [0.25, 0.3) is 0 Å². The highest BCUT2D eigenvalue weighted by Gasteiger charge is 2.13. The first-order valence-corrected chi connectivity index (χ1v) is 5.42. The first kappa shape index (κ1) is 10.1. The molecule has 0 aliphatic heterocycles. The summed E-state index contributed by atoms with van der Waals surface area (Å²) in [6.45, 7) is 8.77. The Labute approximate surface area is 90.1 Å². The Balaban J connectivity index is 2.75. The van der Waals surface area contributed by atoms with Crippen LogP contribution in [0.1, 0.15) is 50.7 Å². The Kier molecular flexibility index (Phi) is 2.47. The van der Waals surface area contributed by atoms with Crippen LogP contribution in [0.5, 0.6) is 0 Å². The Morgan fingerprint density at radius 3 is 2.20 bits per heavy atom. The van der Waals surface area contributed by atoms with Crippen LogP contribution >= 0.6 is 0 Å². The van der Waals surface area contributed by atoms with E-state index in [0.29, 0.717) is 11.8 Å². The van der Waals surface area contributed by atoms with Crippen LogP contribution in [0.15, 0.2) is 18.7 Å². The molecular weight excluding hydrogens is 186 g/mol. The molecule has 0 atom stereocenters. The maximum Gasteiger partial charge on any atom is 0.117 e. The van der Waals surface area contributed by atoms with E-state index in [1.165, 1.54) is 16.6 Å². The van der Waals surface area contributed by atoms with E-state index in [2.05, 4.69) is 37.8 Å². The van der Waals surface area contributed by atoms with Crippen molar-refractivity contribution in [3.05, 3.63) is 29.8 Å². The summed E-state index contributed by atoms with van der Waals surface area (Å²) in [7, 11) is 0. The monoisotopic (exact) mass is 203 g/mol. The van der Waals surface area contributed by atoms with E-state index < -0.39 is 0 Å². The SMILES string of the molecule is CC(C)c1cncn2ncc(C(C)C)c12. The second-order valence-electron chi connectivity index (χ2n) is 4.55. The standard InChI is InChI=1S/C12H17N3/c1-8(2)10-5-13-7-15-12(10)11(6-14-15)9(3)4/h5-9H,1-4H3. The van der Waals surface area contributed by atoms with E-state index in [1.807, 2.05) is 16.9 Å². The van der Waals surface area contributed by atoms with E-state index >= 15 is 0 Å². The van der Waals surface area contributed by atoms with Gasteiger partial charge in [0.1, 0.15) is 6.33 Å². The maximum atomic E-state index is 4.34. The normalized spacial score (nSPS) is 11.9. The highest BCUT2D eigenvalue weighted by Crippen LogP contribution is 2.26. The number of fused-ring (bicyclic) bond motifs is 1. The molecule has 0 amide bonds. The summed E-state index contributed by atoms with van der Waals surface area (Å²) in [6.07, 6.45) is 5.67. The molecule has 2 aromatic heterocycles. The molecule has 2 aromatic rings. The third-order valence-corrected chi connectivity index (χ3v) is 2.73. The van der Waals surface area contributed by atoms with E-state index in [1.54, 1.807) is 6.33 Å². The number of nitrogens with zero attached hydrogens (tertiary/aromatic N) is 3. The van der Waals surface area contributed by atoms with Crippen molar-refractivity contribution in [3.63, 3.8) is 0 Å². The number of rotatable bonds is 2. The van der Waals surface area contributed by atoms with Crippen molar-refractivity contribution < 1.29 is 0 Å². The molecule has 0 fully saturated rings. The van der Waals surface area contributed by atoms with Crippen LogP contribution in [0, 0.1) is 0 Å². The third kappa shape index (κ3) is 1.62. The van der Waals surface area contributed by atoms with Crippen molar-refractivity contribution in [3.8, 4) is 0 Å². The molecule has 0 aliphatic rings. The summed E-state index contributed by atoms with van der Waals surface area (Å²) in [4.78, 5) is 4.21. The van der Waals surface area contributed by atoms with Gasteiger partial charge in [0, 0.05) is 11.8 Å². The van der Waals surface area contributed by atoms with Crippen LogP contribution < -0.4 is 0 Å². The van der Waals surface area contributed by atoms with Gasteiger partial charge in [-0.15, -0.1) is 0 Å². The van der Waals surface area contributed by atoms with Crippen molar-refractivity contribution in [1.82, 2.24) is 14.6 Å². The van der Waals surface area contributed by atoms with Gasteiger partial charge in [-0.25, -0.2) is 9.50 Å². The number of hydrogen-bond acceptors (Lipinski definition) is 2. The zero-order chi connectivity index (χ0) is 11.0. The van der Waals surface area contributed by atoms with Gasteiger partial charge in [-0.2, -0.15) is 5.10 Å². The molecule has 0 N–H and O–H groups in total. The van der Waals surface area contributed by atoms with Crippen LogP contribution in [0.4, 0.5) is 0 Å². The fraction of sp³-hybridized carbons (Fsp3) is 0.500. The summed E-state index contributed by atoms with van der Waals surface area (Å²) in [6, 6.07) is 0. The first-order chi connectivity index (χ1) is 7.11. The van der Waals surface area contributed by atoms with Crippen molar-refractivity contribution in [2.45, 2.75) is 39.5 Å². The molecule has 0 radical (unpaired) electrons. The lowest BCUT2D eigenvalue weighted by molar-refractivity contribution is 0.825. The van der Waals surface area contributed by atoms with Crippen molar-refractivity contribution in [2.75, 3.05) is 0 Å². The molecule has 0 unspecified atom stereocenters. The van der Waals surface area contributed by atoms with Gasteiger partial charge in [0.2, 0.25) is 0 Å². The average molecular weight is 203 g/mol. The van der Waals surface area contributed by atoms with Gasteiger partial charge >= 0.3 is 0 Å². The highest BCUT2D eigenvalue weighted by molar-refractivity contribution is 5.61. The molecule has 3 nitrogen and oxygen atoms in total. The molecule has 3 heteroatoms.